The number of anilines is 2. The summed E-state index contributed by atoms with van der Waals surface area (Å²) in [6.45, 7) is 0. The van der Waals surface area contributed by atoms with E-state index in [9.17, 15) is 14.9 Å². The van der Waals surface area contributed by atoms with Crippen LogP contribution in [0.15, 0.2) is 34.9 Å². The van der Waals surface area contributed by atoms with Crippen molar-refractivity contribution >= 4 is 50.6 Å². The number of amides is 1. The number of carbonyl (C=O) groups is 1. The number of aromatic nitrogens is 1. The van der Waals surface area contributed by atoms with Gasteiger partial charge in [-0.25, -0.2) is 4.98 Å². The van der Waals surface area contributed by atoms with Gasteiger partial charge in [0.1, 0.15) is 17.6 Å². The molecular formula is C12H8BrClN4O3. The van der Waals surface area contributed by atoms with Crippen molar-refractivity contribution in [1.29, 1.82) is 0 Å². The summed E-state index contributed by atoms with van der Waals surface area (Å²) in [6, 6.07) is 5.89. The Morgan fingerprint density at radius 3 is 2.76 bits per heavy atom. The number of hydrogen-bond donors (Lipinski definition) is 2. The van der Waals surface area contributed by atoms with Crippen LogP contribution in [-0.4, -0.2) is 15.8 Å². The summed E-state index contributed by atoms with van der Waals surface area (Å²) in [5.41, 5.74) is 5.30. The number of hydrogen-bond acceptors (Lipinski definition) is 5. The fourth-order valence-electron chi connectivity index (χ4n) is 1.57. The van der Waals surface area contributed by atoms with E-state index in [0.29, 0.717) is 15.2 Å². The van der Waals surface area contributed by atoms with Crippen molar-refractivity contribution in [3.8, 4) is 0 Å². The summed E-state index contributed by atoms with van der Waals surface area (Å²) in [6.07, 6.45) is 0.946. The van der Waals surface area contributed by atoms with E-state index >= 15 is 0 Å². The number of benzene rings is 1. The summed E-state index contributed by atoms with van der Waals surface area (Å²) < 4.78 is 0.549. The van der Waals surface area contributed by atoms with Gasteiger partial charge in [0, 0.05) is 9.50 Å². The molecule has 3 N–H and O–H groups in total. The summed E-state index contributed by atoms with van der Waals surface area (Å²) in [4.78, 5) is 26.0. The largest absolute Gasteiger partial charge is 0.384 e. The first-order valence-electron chi connectivity index (χ1n) is 5.55. The molecule has 0 atom stereocenters. The molecule has 0 aliphatic rings. The molecule has 2 aromatic rings. The molecule has 0 aliphatic carbocycles. The zero-order valence-corrected chi connectivity index (χ0v) is 12.7. The number of carbonyl (C=O) groups excluding carboxylic acids is 1. The van der Waals surface area contributed by atoms with E-state index in [1.54, 1.807) is 18.2 Å². The highest BCUT2D eigenvalue weighted by molar-refractivity contribution is 9.10. The number of pyridine rings is 1. The number of nitro groups is 1. The maximum atomic E-state index is 12.2. The fourth-order valence-corrected chi connectivity index (χ4v) is 2.35. The van der Waals surface area contributed by atoms with E-state index in [2.05, 4.69) is 26.2 Å². The second-order valence-electron chi connectivity index (χ2n) is 3.96. The van der Waals surface area contributed by atoms with E-state index in [-0.39, 0.29) is 11.4 Å². The Morgan fingerprint density at radius 1 is 1.43 bits per heavy atom. The molecule has 1 heterocycles. The zero-order valence-electron chi connectivity index (χ0n) is 10.3. The first-order chi connectivity index (χ1) is 9.88. The van der Waals surface area contributed by atoms with Crippen molar-refractivity contribution in [2.75, 3.05) is 11.1 Å². The monoisotopic (exact) mass is 370 g/mol. The van der Waals surface area contributed by atoms with Crippen LogP contribution < -0.4 is 11.1 Å². The third kappa shape index (κ3) is 3.47. The van der Waals surface area contributed by atoms with Crippen LogP contribution in [0.5, 0.6) is 0 Å². The summed E-state index contributed by atoms with van der Waals surface area (Å²) in [5, 5.41) is 13.9. The lowest BCUT2D eigenvalue weighted by atomic mass is 10.2. The average molecular weight is 372 g/mol. The Kier molecular flexibility index (Phi) is 4.39. The van der Waals surface area contributed by atoms with E-state index < -0.39 is 16.5 Å². The second-order valence-corrected chi connectivity index (χ2v) is 5.25. The minimum atomic E-state index is -0.696. The fraction of sp³-hybridized carbons (Fsp3) is 0. The van der Waals surface area contributed by atoms with Crippen LogP contribution in [-0.2, 0) is 0 Å². The quantitative estimate of drug-likeness (QED) is 0.635. The van der Waals surface area contributed by atoms with E-state index in [1.165, 1.54) is 0 Å². The van der Waals surface area contributed by atoms with Gasteiger partial charge < -0.3 is 11.1 Å². The number of nitrogens with two attached hydrogens (primary N) is 1. The molecule has 0 fully saturated rings. The maximum Gasteiger partial charge on any atom is 0.300 e. The van der Waals surface area contributed by atoms with Gasteiger partial charge in [-0.1, -0.05) is 11.6 Å². The minimum absolute atomic E-state index is 0.0147. The number of nitrogen functional groups attached to an aromatic ring is 1. The first-order valence-corrected chi connectivity index (χ1v) is 6.72. The Bertz CT molecular complexity index is 738. The molecule has 9 heteroatoms. The highest BCUT2D eigenvalue weighted by Gasteiger charge is 2.21. The van der Waals surface area contributed by atoms with Gasteiger partial charge in [0.2, 0.25) is 0 Å². The molecule has 0 radical (unpaired) electrons. The van der Waals surface area contributed by atoms with E-state index in [0.717, 1.165) is 12.3 Å². The van der Waals surface area contributed by atoms with Crippen molar-refractivity contribution in [1.82, 2.24) is 4.98 Å². The van der Waals surface area contributed by atoms with Crippen molar-refractivity contribution in [2.24, 2.45) is 0 Å². The van der Waals surface area contributed by atoms with Gasteiger partial charge >= 0.3 is 0 Å². The van der Waals surface area contributed by atoms with Crippen LogP contribution in [0.2, 0.25) is 5.02 Å². The minimum Gasteiger partial charge on any atom is -0.384 e. The summed E-state index contributed by atoms with van der Waals surface area (Å²) in [5.74, 6) is -0.653. The number of nitrogens with zero attached hydrogens (tertiary/aromatic N) is 2. The standard InChI is InChI=1S/C12H8BrClN4O3/c13-8-3-6(14)1-2-9(8)17-12(19)7-4-11(15)16-5-10(7)18(20)21/h1-5H,(H2,15,16)(H,17,19). The molecular weight excluding hydrogens is 364 g/mol. The topological polar surface area (TPSA) is 111 Å². The maximum absolute atomic E-state index is 12.2. The molecule has 0 spiro atoms. The molecule has 1 aromatic carbocycles. The van der Waals surface area contributed by atoms with Crippen molar-refractivity contribution in [3.05, 3.63) is 55.6 Å². The van der Waals surface area contributed by atoms with Gasteiger partial charge in [-0.2, -0.15) is 0 Å². The lowest BCUT2D eigenvalue weighted by molar-refractivity contribution is -0.385. The van der Waals surface area contributed by atoms with Crippen LogP contribution in [0.4, 0.5) is 17.2 Å². The van der Waals surface area contributed by atoms with E-state index in [1.807, 2.05) is 0 Å². The van der Waals surface area contributed by atoms with Crippen LogP contribution in [0.3, 0.4) is 0 Å². The lowest BCUT2D eigenvalue weighted by Gasteiger charge is -2.08. The van der Waals surface area contributed by atoms with Crippen molar-refractivity contribution in [3.63, 3.8) is 0 Å². The van der Waals surface area contributed by atoms with Gasteiger partial charge in [0.15, 0.2) is 0 Å². The van der Waals surface area contributed by atoms with Gasteiger partial charge in [0.05, 0.1) is 10.6 Å². The molecule has 1 amide bonds. The Balaban J connectivity index is 2.36. The summed E-state index contributed by atoms with van der Waals surface area (Å²) in [7, 11) is 0. The smallest absolute Gasteiger partial charge is 0.300 e. The summed E-state index contributed by atoms with van der Waals surface area (Å²) >= 11 is 9.04. The number of halogens is 2. The Morgan fingerprint density at radius 2 is 2.14 bits per heavy atom. The average Bonchev–Trinajstić information content (AvgIpc) is 2.41. The predicted octanol–water partition coefficient (Wildman–Crippen LogP) is 3.24. The lowest BCUT2D eigenvalue weighted by Crippen LogP contribution is -2.15. The number of nitrogens with one attached hydrogen (secondary N) is 1. The molecule has 1 aromatic heterocycles. The highest BCUT2D eigenvalue weighted by Crippen LogP contribution is 2.27. The molecule has 108 valence electrons. The highest BCUT2D eigenvalue weighted by atomic mass is 79.9. The molecule has 7 nitrogen and oxygen atoms in total. The Labute approximate surface area is 132 Å². The van der Waals surface area contributed by atoms with Crippen LogP contribution >= 0.6 is 27.5 Å². The predicted molar refractivity (Wildman–Crippen MR) is 82.4 cm³/mol. The van der Waals surface area contributed by atoms with E-state index in [4.69, 9.17) is 17.3 Å². The van der Waals surface area contributed by atoms with Gasteiger partial charge in [-0.05, 0) is 40.2 Å². The van der Waals surface area contributed by atoms with Crippen LogP contribution in [0.25, 0.3) is 0 Å². The van der Waals surface area contributed by atoms with Gasteiger partial charge in [-0.15, -0.1) is 0 Å². The van der Waals surface area contributed by atoms with Gasteiger partial charge in [-0.3, -0.25) is 14.9 Å². The third-order valence-corrected chi connectivity index (χ3v) is 3.42. The van der Waals surface area contributed by atoms with Crippen LogP contribution in [0.1, 0.15) is 10.4 Å². The van der Waals surface area contributed by atoms with Gasteiger partial charge in [0.25, 0.3) is 11.6 Å². The molecule has 0 bridgehead atoms. The van der Waals surface area contributed by atoms with Crippen LogP contribution in [0, 0.1) is 10.1 Å². The molecule has 0 saturated carbocycles. The normalized spacial score (nSPS) is 10.2. The molecule has 2 rings (SSSR count). The Hall–Kier alpha value is -2.19. The SMILES string of the molecule is Nc1cc(C(=O)Nc2ccc(Cl)cc2Br)c([N+](=O)[O-])cn1. The molecule has 0 saturated heterocycles. The third-order valence-electron chi connectivity index (χ3n) is 2.52. The first kappa shape index (κ1) is 15.2. The number of rotatable bonds is 3. The second kappa shape index (κ2) is 6.06. The van der Waals surface area contributed by atoms with Crippen molar-refractivity contribution < 1.29 is 9.72 Å². The van der Waals surface area contributed by atoms with Crippen molar-refractivity contribution in [2.45, 2.75) is 0 Å². The molecule has 21 heavy (non-hydrogen) atoms. The zero-order chi connectivity index (χ0) is 15.6. The molecule has 0 aliphatic heterocycles. The molecule has 0 unspecified atom stereocenters.